The summed E-state index contributed by atoms with van der Waals surface area (Å²) in [5.74, 6) is -1.93. The minimum absolute atomic E-state index is 0.0668. The Bertz CT molecular complexity index is 532. The Kier molecular flexibility index (Phi) is 4.89. The van der Waals surface area contributed by atoms with Gasteiger partial charge >= 0.3 is 5.97 Å². The molecular weight excluding hydrogens is 294 g/mol. The van der Waals surface area contributed by atoms with E-state index >= 15 is 0 Å². The van der Waals surface area contributed by atoms with Crippen LogP contribution in [0, 0.1) is 5.92 Å². The van der Waals surface area contributed by atoms with Crippen molar-refractivity contribution >= 4 is 29.1 Å². The molecule has 1 aromatic heterocycles. The van der Waals surface area contributed by atoms with Crippen molar-refractivity contribution in [3.05, 3.63) is 16.6 Å². The lowest BCUT2D eigenvalue weighted by atomic mass is 9.98. The van der Waals surface area contributed by atoms with Crippen LogP contribution in [0.4, 0.5) is 0 Å². The van der Waals surface area contributed by atoms with E-state index in [1.54, 1.807) is 10.9 Å². The van der Waals surface area contributed by atoms with Crippen LogP contribution in [0.3, 0.4) is 0 Å². The van der Waals surface area contributed by atoms with Crippen molar-refractivity contribution in [1.82, 2.24) is 14.8 Å². The van der Waals surface area contributed by atoms with Crippen molar-refractivity contribution < 1.29 is 19.5 Å². The molecule has 7 nitrogen and oxygen atoms in total. The van der Waals surface area contributed by atoms with E-state index in [4.69, 9.17) is 5.11 Å². The Morgan fingerprint density at radius 1 is 1.52 bits per heavy atom. The van der Waals surface area contributed by atoms with E-state index in [0.29, 0.717) is 25.1 Å². The molecule has 8 heteroatoms. The maximum absolute atomic E-state index is 12.2. The number of rotatable bonds is 4. The minimum Gasteiger partial charge on any atom is -0.481 e. The van der Waals surface area contributed by atoms with Crippen LogP contribution in [0.1, 0.15) is 23.3 Å². The molecule has 0 radical (unpaired) electrons. The predicted octanol–water partition coefficient (Wildman–Crippen LogP) is 0.538. The lowest BCUT2D eigenvalue weighted by Gasteiger charge is -2.31. The number of carboxylic acid groups (broad SMARTS) is 1. The van der Waals surface area contributed by atoms with Crippen LogP contribution >= 0.6 is 11.3 Å². The molecule has 2 rings (SSSR count). The monoisotopic (exact) mass is 311 g/mol. The van der Waals surface area contributed by atoms with Crippen LogP contribution in [0.15, 0.2) is 10.9 Å². The zero-order valence-electron chi connectivity index (χ0n) is 11.7. The first-order valence-corrected chi connectivity index (χ1v) is 7.57. The number of likely N-dealkylation sites (tertiary alicyclic amines) is 1. The second kappa shape index (κ2) is 6.66. The molecule has 1 N–H and O–H groups in total. The third-order valence-electron chi connectivity index (χ3n) is 3.49. The topological polar surface area (TPSA) is 90.8 Å². The molecule has 0 spiro atoms. The smallest absolute Gasteiger partial charge is 0.308 e. The van der Waals surface area contributed by atoms with E-state index in [-0.39, 0.29) is 24.9 Å². The van der Waals surface area contributed by atoms with Crippen LogP contribution in [0.2, 0.25) is 0 Å². The van der Waals surface area contributed by atoms with Crippen molar-refractivity contribution in [2.45, 2.75) is 12.8 Å². The summed E-state index contributed by atoms with van der Waals surface area (Å²) < 4.78 is 0. The fourth-order valence-electron chi connectivity index (χ4n) is 2.29. The molecule has 1 aromatic rings. The number of carboxylic acids is 1. The summed E-state index contributed by atoms with van der Waals surface area (Å²) >= 11 is 1.32. The number of hydrogen-bond donors (Lipinski definition) is 1. The first kappa shape index (κ1) is 15.4. The number of hydrogen-bond acceptors (Lipinski definition) is 5. The van der Waals surface area contributed by atoms with Gasteiger partial charge in [0.2, 0.25) is 5.91 Å². The summed E-state index contributed by atoms with van der Waals surface area (Å²) in [6, 6.07) is 0. The fraction of sp³-hybridized carbons (Fsp3) is 0.538. The molecule has 1 atom stereocenters. The summed E-state index contributed by atoms with van der Waals surface area (Å²) in [7, 11) is 1.54. The van der Waals surface area contributed by atoms with Crippen LogP contribution in [-0.4, -0.2) is 64.4 Å². The molecule has 1 fully saturated rings. The van der Waals surface area contributed by atoms with Gasteiger partial charge in [-0.25, -0.2) is 4.98 Å². The van der Waals surface area contributed by atoms with Gasteiger partial charge in [-0.3, -0.25) is 14.4 Å². The second-order valence-corrected chi connectivity index (χ2v) is 5.77. The molecule has 1 aliphatic rings. The zero-order valence-corrected chi connectivity index (χ0v) is 12.5. The molecule has 2 amide bonds. The number of thiazole rings is 1. The van der Waals surface area contributed by atoms with E-state index in [9.17, 15) is 14.4 Å². The fourth-order valence-corrected chi connectivity index (χ4v) is 2.82. The van der Waals surface area contributed by atoms with Crippen molar-refractivity contribution in [2.75, 3.05) is 26.7 Å². The largest absolute Gasteiger partial charge is 0.481 e. The molecule has 0 aromatic carbocycles. The third kappa shape index (κ3) is 3.78. The van der Waals surface area contributed by atoms with Gasteiger partial charge in [0.1, 0.15) is 5.69 Å². The molecule has 1 unspecified atom stereocenters. The van der Waals surface area contributed by atoms with Crippen molar-refractivity contribution in [1.29, 1.82) is 0 Å². The number of piperidine rings is 1. The Labute approximate surface area is 126 Å². The molecule has 21 heavy (non-hydrogen) atoms. The van der Waals surface area contributed by atoms with Crippen LogP contribution < -0.4 is 0 Å². The quantitative estimate of drug-likeness (QED) is 0.876. The number of carbonyl (C=O) groups excluding carboxylic acids is 2. The third-order valence-corrected chi connectivity index (χ3v) is 4.08. The van der Waals surface area contributed by atoms with Gasteiger partial charge in [0.25, 0.3) is 5.91 Å². The van der Waals surface area contributed by atoms with Gasteiger partial charge in [-0.05, 0) is 12.8 Å². The van der Waals surface area contributed by atoms with Crippen LogP contribution in [0.25, 0.3) is 0 Å². The van der Waals surface area contributed by atoms with Crippen molar-refractivity contribution in [3.8, 4) is 0 Å². The van der Waals surface area contributed by atoms with Gasteiger partial charge in [-0.15, -0.1) is 11.3 Å². The number of amides is 2. The molecule has 114 valence electrons. The Hall–Kier alpha value is -1.96. The summed E-state index contributed by atoms with van der Waals surface area (Å²) in [5.41, 5.74) is 1.88. The number of carbonyl (C=O) groups is 3. The highest BCUT2D eigenvalue weighted by Crippen LogP contribution is 2.17. The van der Waals surface area contributed by atoms with Crippen LogP contribution in [0.5, 0.6) is 0 Å². The van der Waals surface area contributed by atoms with Gasteiger partial charge in [0.15, 0.2) is 0 Å². The molecular formula is C13H17N3O4S. The van der Waals surface area contributed by atoms with E-state index in [2.05, 4.69) is 4.98 Å². The highest BCUT2D eigenvalue weighted by atomic mass is 32.1. The van der Waals surface area contributed by atoms with E-state index in [1.165, 1.54) is 28.2 Å². The average molecular weight is 311 g/mol. The molecule has 2 heterocycles. The summed E-state index contributed by atoms with van der Waals surface area (Å²) in [4.78, 5) is 41.9. The summed E-state index contributed by atoms with van der Waals surface area (Å²) in [6.07, 6.45) is 1.26. The minimum atomic E-state index is -0.876. The predicted molar refractivity (Wildman–Crippen MR) is 76.0 cm³/mol. The lowest BCUT2D eigenvalue weighted by molar-refractivity contribution is -0.145. The van der Waals surface area contributed by atoms with E-state index in [1.807, 2.05) is 0 Å². The van der Waals surface area contributed by atoms with Gasteiger partial charge in [0.05, 0.1) is 18.0 Å². The molecule has 1 aliphatic heterocycles. The zero-order chi connectivity index (χ0) is 15.4. The SMILES string of the molecule is CN(CC(=O)N1CCCC(C(=O)O)C1)C(=O)c1cscn1. The summed E-state index contributed by atoms with van der Waals surface area (Å²) in [5, 5.41) is 10.7. The normalized spacial score (nSPS) is 18.3. The standard InChI is InChI=1S/C13H17N3O4S/c1-15(12(18)10-7-21-8-14-10)6-11(17)16-4-2-3-9(5-16)13(19)20/h7-9H,2-6H2,1H3,(H,19,20). The Balaban J connectivity index is 1.91. The van der Waals surface area contributed by atoms with Gasteiger partial charge in [-0.2, -0.15) is 0 Å². The van der Waals surface area contributed by atoms with E-state index < -0.39 is 11.9 Å². The summed E-state index contributed by atoms with van der Waals surface area (Å²) in [6.45, 7) is 0.691. The first-order valence-electron chi connectivity index (χ1n) is 6.63. The number of likely N-dealkylation sites (N-methyl/N-ethyl adjacent to an activating group) is 1. The van der Waals surface area contributed by atoms with Gasteiger partial charge in [0, 0.05) is 25.5 Å². The number of aliphatic carboxylic acids is 1. The van der Waals surface area contributed by atoms with Crippen molar-refractivity contribution in [3.63, 3.8) is 0 Å². The highest BCUT2D eigenvalue weighted by molar-refractivity contribution is 7.07. The highest BCUT2D eigenvalue weighted by Gasteiger charge is 2.29. The Morgan fingerprint density at radius 3 is 2.90 bits per heavy atom. The van der Waals surface area contributed by atoms with Crippen LogP contribution in [-0.2, 0) is 9.59 Å². The molecule has 0 saturated carbocycles. The molecule has 0 aliphatic carbocycles. The molecule has 0 bridgehead atoms. The maximum atomic E-state index is 12.2. The van der Waals surface area contributed by atoms with Gasteiger partial charge in [-0.1, -0.05) is 0 Å². The van der Waals surface area contributed by atoms with Crippen molar-refractivity contribution in [2.24, 2.45) is 5.92 Å². The maximum Gasteiger partial charge on any atom is 0.308 e. The number of nitrogens with zero attached hydrogens (tertiary/aromatic N) is 3. The first-order chi connectivity index (χ1) is 9.99. The van der Waals surface area contributed by atoms with E-state index in [0.717, 1.165) is 0 Å². The Morgan fingerprint density at radius 2 is 2.29 bits per heavy atom. The lowest BCUT2D eigenvalue weighted by Crippen LogP contribution is -2.46. The second-order valence-electron chi connectivity index (χ2n) is 5.05. The number of aromatic nitrogens is 1. The molecule has 1 saturated heterocycles. The average Bonchev–Trinajstić information content (AvgIpc) is 3.00. The van der Waals surface area contributed by atoms with Gasteiger partial charge < -0.3 is 14.9 Å².